The van der Waals surface area contributed by atoms with E-state index >= 15 is 0 Å². The summed E-state index contributed by atoms with van der Waals surface area (Å²) in [6.07, 6.45) is 18.5. The Morgan fingerprint density at radius 2 is 1.43 bits per heavy atom. The molecule has 4 nitrogen and oxygen atoms in total. The Labute approximate surface area is 320 Å². The van der Waals surface area contributed by atoms with Gasteiger partial charge in [0.1, 0.15) is 0 Å². The van der Waals surface area contributed by atoms with Gasteiger partial charge in [-0.2, -0.15) is 0 Å². The minimum absolute atomic E-state index is 0.112. The van der Waals surface area contributed by atoms with Crippen LogP contribution in [0, 0.1) is 5.92 Å². The summed E-state index contributed by atoms with van der Waals surface area (Å²) in [5.74, 6) is 0.416. The quantitative estimate of drug-likeness (QED) is 0.184. The molecule has 0 saturated carbocycles. The molecule has 2 aliphatic heterocycles. The van der Waals surface area contributed by atoms with Gasteiger partial charge in [0.2, 0.25) is 0 Å². The second kappa shape index (κ2) is 11.8. The summed E-state index contributed by atoms with van der Waals surface area (Å²) in [6.45, 7) is 0. The molecule has 6 heterocycles. The van der Waals surface area contributed by atoms with Gasteiger partial charge in [-0.1, -0.05) is 109 Å². The molecule has 8 aromatic rings. The number of allylic oxidation sites excluding steroid dienone is 7. The Hall–Kier alpha value is -5.82. The molecule has 54 heavy (non-hydrogen) atoms. The maximum atomic E-state index is 5.33. The highest BCUT2D eigenvalue weighted by Gasteiger charge is 2.34. The van der Waals surface area contributed by atoms with Gasteiger partial charge in [0.05, 0.1) is 45.4 Å². The minimum Gasteiger partial charge on any atom is -0.371 e. The van der Waals surface area contributed by atoms with Crippen LogP contribution in [0.3, 0.4) is 0 Å². The average Bonchev–Trinajstić information content (AvgIpc) is 3.80. The summed E-state index contributed by atoms with van der Waals surface area (Å²) >= 11 is 3.89. The van der Waals surface area contributed by atoms with Crippen molar-refractivity contribution in [3.8, 4) is 11.3 Å². The van der Waals surface area contributed by atoms with Gasteiger partial charge in [0, 0.05) is 53.1 Å². The highest BCUT2D eigenvalue weighted by atomic mass is 32.2. The minimum atomic E-state index is -0.112. The number of thioether (sulfide) groups is 1. The maximum Gasteiger partial charge on any atom is 0.0972 e. The standard InChI is InChI=1S/C48H32N4S2/c1-3-7-41-33(5-1)35-25-31(17-23-43(35)53-41)37-19-13-27-9-11-29-15-21-39(51-47(29)45(27)49-37)40-22-16-30-12-10-28-14-20-38(50-46(28)48(30)52-40)32-18-24-44-36(26-32)34-6-2-4-8-42(34)54-44/h1-3,5-7,9-26,36,40,44,52H,4,8H2. The summed E-state index contributed by atoms with van der Waals surface area (Å²) in [5, 5.41) is 10.2. The third kappa shape index (κ3) is 4.80. The van der Waals surface area contributed by atoms with E-state index in [1.807, 2.05) is 23.1 Å². The molecular weight excluding hydrogens is 697 g/mol. The van der Waals surface area contributed by atoms with Crippen molar-refractivity contribution in [3.63, 3.8) is 0 Å². The van der Waals surface area contributed by atoms with Crippen LogP contribution in [0.4, 0.5) is 5.69 Å². The Balaban J connectivity index is 0.909. The van der Waals surface area contributed by atoms with Crippen molar-refractivity contribution in [1.29, 1.82) is 0 Å². The van der Waals surface area contributed by atoms with E-state index in [2.05, 4.69) is 151 Å². The van der Waals surface area contributed by atoms with Crippen LogP contribution in [0.15, 0.2) is 150 Å². The number of rotatable bonds is 3. The third-order valence-electron chi connectivity index (χ3n) is 11.5. The summed E-state index contributed by atoms with van der Waals surface area (Å²) in [6, 6.07) is 36.9. The van der Waals surface area contributed by atoms with Crippen molar-refractivity contribution in [2.24, 2.45) is 5.92 Å². The predicted octanol–water partition coefficient (Wildman–Crippen LogP) is 12.8. The van der Waals surface area contributed by atoms with E-state index in [1.165, 1.54) is 37.7 Å². The van der Waals surface area contributed by atoms with Gasteiger partial charge >= 0.3 is 0 Å². The fraction of sp³-hybridized carbons (Fsp3) is 0.104. The molecule has 0 spiro atoms. The molecule has 0 radical (unpaired) electrons. The van der Waals surface area contributed by atoms with E-state index in [9.17, 15) is 0 Å². The van der Waals surface area contributed by atoms with E-state index in [4.69, 9.17) is 15.0 Å². The summed E-state index contributed by atoms with van der Waals surface area (Å²) in [4.78, 5) is 17.5. The van der Waals surface area contributed by atoms with Crippen molar-refractivity contribution in [2.75, 3.05) is 5.32 Å². The van der Waals surface area contributed by atoms with Gasteiger partial charge in [-0.05, 0) is 70.9 Å². The number of benzene rings is 4. The molecule has 3 atom stereocenters. The van der Waals surface area contributed by atoms with Gasteiger partial charge in [-0.3, -0.25) is 0 Å². The largest absolute Gasteiger partial charge is 0.371 e. The van der Waals surface area contributed by atoms with E-state index in [0.717, 1.165) is 73.0 Å². The molecule has 0 bridgehead atoms. The molecule has 0 fully saturated rings. The molecule has 4 aliphatic rings. The van der Waals surface area contributed by atoms with Crippen molar-refractivity contribution in [1.82, 2.24) is 15.0 Å². The fourth-order valence-corrected chi connectivity index (χ4v) is 11.2. The van der Waals surface area contributed by atoms with Crippen LogP contribution in [0.5, 0.6) is 0 Å². The number of hydrogen-bond donors (Lipinski definition) is 1. The normalized spacial score (nSPS) is 20.1. The zero-order chi connectivity index (χ0) is 35.3. The lowest BCUT2D eigenvalue weighted by Crippen LogP contribution is -2.15. The number of hydrogen-bond acceptors (Lipinski definition) is 6. The Kier molecular flexibility index (Phi) is 6.71. The van der Waals surface area contributed by atoms with E-state index in [-0.39, 0.29) is 6.04 Å². The monoisotopic (exact) mass is 728 g/mol. The summed E-state index contributed by atoms with van der Waals surface area (Å²) in [5.41, 5.74) is 11.7. The first-order valence-corrected chi connectivity index (χ1v) is 20.4. The lowest BCUT2D eigenvalue weighted by Gasteiger charge is -2.24. The van der Waals surface area contributed by atoms with Gasteiger partial charge in [0.15, 0.2) is 0 Å². The average molecular weight is 729 g/mol. The lowest BCUT2D eigenvalue weighted by atomic mass is 9.86. The molecular formula is C48H32N4S2. The first-order chi connectivity index (χ1) is 26.7. The molecule has 3 unspecified atom stereocenters. The first kappa shape index (κ1) is 30.6. The molecule has 0 amide bonds. The van der Waals surface area contributed by atoms with Gasteiger partial charge in [0.25, 0.3) is 0 Å². The number of aromatic nitrogens is 3. The van der Waals surface area contributed by atoms with Crippen LogP contribution in [-0.2, 0) is 0 Å². The highest BCUT2D eigenvalue weighted by molar-refractivity contribution is 8.04. The number of thiophene rings is 1. The van der Waals surface area contributed by atoms with Crippen LogP contribution in [0.1, 0.15) is 35.8 Å². The number of fused-ring (bicyclic) bond motifs is 11. The van der Waals surface area contributed by atoms with Crippen molar-refractivity contribution in [2.45, 2.75) is 24.1 Å². The third-order valence-corrected chi connectivity index (χ3v) is 14.1. The lowest BCUT2D eigenvalue weighted by molar-refractivity contribution is 0.808. The van der Waals surface area contributed by atoms with E-state index in [0.29, 0.717) is 11.2 Å². The van der Waals surface area contributed by atoms with E-state index < -0.39 is 0 Å². The van der Waals surface area contributed by atoms with Gasteiger partial charge in [-0.25, -0.2) is 15.0 Å². The number of nitrogens with zero attached hydrogens (tertiary/aromatic N) is 3. The predicted molar refractivity (Wildman–Crippen MR) is 230 cm³/mol. The van der Waals surface area contributed by atoms with Crippen LogP contribution in [0.2, 0.25) is 0 Å². The molecule has 1 N–H and O–H groups in total. The summed E-state index contributed by atoms with van der Waals surface area (Å²) < 4.78 is 2.61. The smallest absolute Gasteiger partial charge is 0.0972 e. The molecule has 0 saturated heterocycles. The Morgan fingerprint density at radius 3 is 2.37 bits per heavy atom. The zero-order valence-corrected chi connectivity index (χ0v) is 30.8. The molecule has 4 aromatic heterocycles. The summed E-state index contributed by atoms with van der Waals surface area (Å²) in [7, 11) is 0. The topological polar surface area (TPSA) is 50.7 Å². The van der Waals surface area contributed by atoms with Crippen LogP contribution in [0.25, 0.3) is 75.8 Å². The van der Waals surface area contributed by atoms with Crippen LogP contribution >= 0.6 is 23.1 Å². The van der Waals surface area contributed by atoms with Crippen LogP contribution < -0.4 is 5.32 Å². The van der Waals surface area contributed by atoms with Gasteiger partial charge in [-0.15, -0.1) is 23.1 Å². The van der Waals surface area contributed by atoms with Crippen LogP contribution in [-0.4, -0.2) is 20.2 Å². The van der Waals surface area contributed by atoms with Gasteiger partial charge < -0.3 is 5.32 Å². The molecule has 256 valence electrons. The SMILES string of the molecule is C1=CC2=C(CC1)SC1C=CC(c3ccc4ccc5c(c4n3)NC(c3ccc4ccc6ccc(-c7ccc8sc9ccccc9c8c7)nc6c4n3)C=C5)=CC21. The van der Waals surface area contributed by atoms with Crippen molar-refractivity contribution < 1.29 is 0 Å². The highest BCUT2D eigenvalue weighted by Crippen LogP contribution is 2.50. The number of pyridine rings is 3. The number of anilines is 1. The molecule has 6 heteroatoms. The second-order valence-corrected chi connectivity index (χ2v) is 17.0. The maximum absolute atomic E-state index is 5.33. The van der Waals surface area contributed by atoms with Crippen molar-refractivity contribution in [3.05, 3.63) is 167 Å². The molecule has 4 aromatic carbocycles. The Bertz CT molecular complexity index is 3090. The van der Waals surface area contributed by atoms with Crippen molar-refractivity contribution >= 4 is 93.3 Å². The fourth-order valence-electron chi connectivity index (χ4n) is 8.70. The second-order valence-electron chi connectivity index (χ2n) is 14.6. The molecule has 12 rings (SSSR count). The van der Waals surface area contributed by atoms with E-state index in [1.54, 1.807) is 4.91 Å². The molecule has 2 aliphatic carbocycles. The Morgan fingerprint density at radius 1 is 0.648 bits per heavy atom. The zero-order valence-electron chi connectivity index (χ0n) is 29.2. The first-order valence-electron chi connectivity index (χ1n) is 18.7. The number of nitrogens with one attached hydrogen (secondary N) is 1.